The first-order valence-corrected chi connectivity index (χ1v) is 6.71. The topological polar surface area (TPSA) is 23.5 Å². The van der Waals surface area contributed by atoms with E-state index in [1.165, 1.54) is 30.4 Å². The fourth-order valence-electron chi connectivity index (χ4n) is 3.29. The van der Waals surface area contributed by atoms with Gasteiger partial charge in [0.05, 0.1) is 6.10 Å². The highest BCUT2D eigenvalue weighted by molar-refractivity contribution is 5.30. The molecule has 2 fully saturated rings. The van der Waals surface area contributed by atoms with Crippen molar-refractivity contribution in [2.75, 3.05) is 13.1 Å². The van der Waals surface area contributed by atoms with Crippen LogP contribution in [0.25, 0.3) is 0 Å². The van der Waals surface area contributed by atoms with Crippen molar-refractivity contribution in [3.63, 3.8) is 0 Å². The molecule has 2 aliphatic rings. The standard InChI is InChI=1S/C15H21NO/c1-12-3-5-13(6-4-12)15(8-2-9-15)16-10-7-14(17)11-16/h3-6,14,17H,2,7-11H2,1H3. The Labute approximate surface area is 103 Å². The van der Waals surface area contributed by atoms with Gasteiger partial charge >= 0.3 is 0 Å². The van der Waals surface area contributed by atoms with Gasteiger partial charge in [-0.1, -0.05) is 29.8 Å². The minimum Gasteiger partial charge on any atom is -0.392 e. The maximum absolute atomic E-state index is 9.73. The molecule has 3 rings (SSSR count). The third kappa shape index (κ3) is 1.80. The van der Waals surface area contributed by atoms with Crippen molar-refractivity contribution in [2.24, 2.45) is 0 Å². The molecular weight excluding hydrogens is 210 g/mol. The maximum Gasteiger partial charge on any atom is 0.0679 e. The van der Waals surface area contributed by atoms with Crippen LogP contribution in [0.5, 0.6) is 0 Å². The molecule has 1 N–H and O–H groups in total. The van der Waals surface area contributed by atoms with Crippen molar-refractivity contribution < 1.29 is 5.11 Å². The van der Waals surface area contributed by atoms with E-state index in [4.69, 9.17) is 0 Å². The number of aliphatic hydroxyl groups is 1. The molecule has 1 aromatic carbocycles. The van der Waals surface area contributed by atoms with Crippen molar-refractivity contribution in [3.8, 4) is 0 Å². The van der Waals surface area contributed by atoms with Crippen LogP contribution in [-0.2, 0) is 5.54 Å². The second-order valence-electron chi connectivity index (χ2n) is 5.64. The van der Waals surface area contributed by atoms with Crippen molar-refractivity contribution in [3.05, 3.63) is 35.4 Å². The molecule has 17 heavy (non-hydrogen) atoms. The first-order chi connectivity index (χ1) is 8.21. The summed E-state index contributed by atoms with van der Waals surface area (Å²) in [5.41, 5.74) is 3.01. The van der Waals surface area contributed by atoms with E-state index >= 15 is 0 Å². The molecule has 0 bridgehead atoms. The Morgan fingerprint density at radius 1 is 1.24 bits per heavy atom. The summed E-state index contributed by atoms with van der Waals surface area (Å²) in [4.78, 5) is 2.51. The van der Waals surface area contributed by atoms with Gasteiger partial charge in [-0.05, 0) is 38.2 Å². The van der Waals surface area contributed by atoms with Gasteiger partial charge in [0.1, 0.15) is 0 Å². The van der Waals surface area contributed by atoms with E-state index in [-0.39, 0.29) is 11.6 Å². The van der Waals surface area contributed by atoms with Crippen LogP contribution < -0.4 is 0 Å². The molecular formula is C15H21NO. The first-order valence-electron chi connectivity index (χ1n) is 6.71. The van der Waals surface area contributed by atoms with Gasteiger partial charge in [-0.3, -0.25) is 4.90 Å². The van der Waals surface area contributed by atoms with E-state index in [0.717, 1.165) is 19.5 Å². The molecule has 2 heteroatoms. The molecule has 1 aliphatic carbocycles. The molecule has 1 unspecified atom stereocenters. The minimum absolute atomic E-state index is 0.113. The second-order valence-corrected chi connectivity index (χ2v) is 5.64. The van der Waals surface area contributed by atoms with E-state index in [1.807, 2.05) is 0 Å². The van der Waals surface area contributed by atoms with Crippen LogP contribution in [0.3, 0.4) is 0 Å². The van der Waals surface area contributed by atoms with Gasteiger partial charge in [-0.2, -0.15) is 0 Å². The average molecular weight is 231 g/mol. The summed E-state index contributed by atoms with van der Waals surface area (Å²) in [6.45, 7) is 4.04. The summed E-state index contributed by atoms with van der Waals surface area (Å²) in [5, 5.41) is 9.73. The average Bonchev–Trinajstić information content (AvgIpc) is 2.67. The Balaban J connectivity index is 1.89. The van der Waals surface area contributed by atoms with Crippen molar-refractivity contribution in [1.29, 1.82) is 0 Å². The molecule has 1 atom stereocenters. The lowest BCUT2D eigenvalue weighted by Crippen LogP contribution is -2.50. The van der Waals surface area contributed by atoms with Crippen LogP contribution in [-0.4, -0.2) is 29.2 Å². The van der Waals surface area contributed by atoms with E-state index in [1.54, 1.807) is 0 Å². The molecule has 1 saturated heterocycles. The van der Waals surface area contributed by atoms with E-state index in [9.17, 15) is 5.11 Å². The van der Waals surface area contributed by atoms with Crippen LogP contribution in [0.2, 0.25) is 0 Å². The Kier molecular flexibility index (Phi) is 2.72. The highest BCUT2D eigenvalue weighted by Crippen LogP contribution is 2.47. The van der Waals surface area contributed by atoms with Gasteiger partial charge in [0.2, 0.25) is 0 Å². The van der Waals surface area contributed by atoms with Crippen LogP contribution in [0.15, 0.2) is 24.3 Å². The number of likely N-dealkylation sites (tertiary alicyclic amines) is 1. The summed E-state index contributed by atoms with van der Waals surface area (Å²) >= 11 is 0. The van der Waals surface area contributed by atoms with Crippen molar-refractivity contribution >= 4 is 0 Å². The molecule has 1 aliphatic heterocycles. The number of aryl methyl sites for hydroxylation is 1. The molecule has 1 saturated carbocycles. The Hall–Kier alpha value is -0.860. The van der Waals surface area contributed by atoms with E-state index in [2.05, 4.69) is 36.1 Å². The van der Waals surface area contributed by atoms with E-state index in [0.29, 0.717) is 0 Å². The van der Waals surface area contributed by atoms with Gasteiger partial charge in [0.25, 0.3) is 0 Å². The summed E-state index contributed by atoms with van der Waals surface area (Å²) in [6.07, 6.45) is 4.65. The zero-order valence-corrected chi connectivity index (χ0v) is 10.5. The van der Waals surface area contributed by atoms with Gasteiger partial charge in [-0.25, -0.2) is 0 Å². The SMILES string of the molecule is Cc1ccc(C2(N3CCC(O)C3)CCC2)cc1. The smallest absolute Gasteiger partial charge is 0.0679 e. The fraction of sp³-hybridized carbons (Fsp3) is 0.600. The predicted octanol–water partition coefficient (Wildman–Crippen LogP) is 2.44. The first kappa shape index (κ1) is 11.2. The van der Waals surface area contributed by atoms with Crippen LogP contribution in [0, 0.1) is 6.92 Å². The van der Waals surface area contributed by atoms with Crippen LogP contribution in [0.4, 0.5) is 0 Å². The Bertz CT molecular complexity index is 394. The highest BCUT2D eigenvalue weighted by Gasteiger charge is 2.45. The third-order valence-electron chi connectivity index (χ3n) is 4.54. The Morgan fingerprint density at radius 3 is 2.41 bits per heavy atom. The van der Waals surface area contributed by atoms with Gasteiger partial charge in [0.15, 0.2) is 0 Å². The number of rotatable bonds is 2. The zero-order valence-electron chi connectivity index (χ0n) is 10.5. The Morgan fingerprint density at radius 2 is 1.94 bits per heavy atom. The lowest BCUT2D eigenvalue weighted by molar-refractivity contribution is 0.0214. The molecule has 2 nitrogen and oxygen atoms in total. The van der Waals surface area contributed by atoms with Crippen LogP contribution in [0.1, 0.15) is 36.8 Å². The number of benzene rings is 1. The molecule has 1 aromatic rings. The monoisotopic (exact) mass is 231 g/mol. The quantitative estimate of drug-likeness (QED) is 0.845. The highest BCUT2D eigenvalue weighted by atomic mass is 16.3. The lowest BCUT2D eigenvalue weighted by Gasteiger charge is -2.49. The summed E-state index contributed by atoms with van der Waals surface area (Å²) in [5.74, 6) is 0. The maximum atomic E-state index is 9.73. The number of β-amino-alcohol motifs (C(OH)–C–C–N with tert-alkyl or cyclic N) is 1. The predicted molar refractivity (Wildman–Crippen MR) is 68.9 cm³/mol. The molecule has 0 radical (unpaired) electrons. The zero-order chi connectivity index (χ0) is 11.9. The summed E-state index contributed by atoms with van der Waals surface area (Å²) in [6, 6.07) is 8.97. The third-order valence-corrected chi connectivity index (χ3v) is 4.54. The largest absolute Gasteiger partial charge is 0.392 e. The molecule has 0 spiro atoms. The van der Waals surface area contributed by atoms with Crippen LogP contribution >= 0.6 is 0 Å². The number of nitrogens with zero attached hydrogens (tertiary/aromatic N) is 1. The normalized spacial score (nSPS) is 28.0. The molecule has 0 aromatic heterocycles. The van der Waals surface area contributed by atoms with E-state index < -0.39 is 0 Å². The summed E-state index contributed by atoms with van der Waals surface area (Å²) in [7, 11) is 0. The second kappa shape index (κ2) is 4.11. The van der Waals surface area contributed by atoms with Gasteiger partial charge in [0, 0.05) is 18.6 Å². The number of hydrogen-bond donors (Lipinski definition) is 1. The molecule has 1 heterocycles. The number of hydrogen-bond acceptors (Lipinski definition) is 2. The lowest BCUT2D eigenvalue weighted by atomic mass is 9.70. The molecule has 92 valence electrons. The van der Waals surface area contributed by atoms with Gasteiger partial charge < -0.3 is 5.11 Å². The number of aliphatic hydroxyl groups excluding tert-OH is 1. The fourth-order valence-corrected chi connectivity index (χ4v) is 3.29. The summed E-state index contributed by atoms with van der Waals surface area (Å²) < 4.78 is 0. The molecule has 0 amide bonds. The minimum atomic E-state index is -0.113. The van der Waals surface area contributed by atoms with Crippen molar-refractivity contribution in [2.45, 2.75) is 44.2 Å². The van der Waals surface area contributed by atoms with Gasteiger partial charge in [-0.15, -0.1) is 0 Å². The van der Waals surface area contributed by atoms with Crippen molar-refractivity contribution in [1.82, 2.24) is 4.90 Å².